The summed E-state index contributed by atoms with van der Waals surface area (Å²) in [5.41, 5.74) is 13.4. The lowest BCUT2D eigenvalue weighted by Gasteiger charge is -2.12. The summed E-state index contributed by atoms with van der Waals surface area (Å²) in [5.74, 6) is 0. The van der Waals surface area contributed by atoms with Crippen molar-refractivity contribution < 1.29 is 0 Å². The zero-order valence-electron chi connectivity index (χ0n) is 12.5. The van der Waals surface area contributed by atoms with Gasteiger partial charge in [0, 0.05) is 17.3 Å². The number of nitrogens with zero attached hydrogens (tertiary/aromatic N) is 2. The van der Waals surface area contributed by atoms with E-state index in [9.17, 15) is 0 Å². The van der Waals surface area contributed by atoms with Gasteiger partial charge in [-0.05, 0) is 51.3 Å². The van der Waals surface area contributed by atoms with Crippen LogP contribution in [0.15, 0.2) is 18.2 Å². The summed E-state index contributed by atoms with van der Waals surface area (Å²) in [6, 6.07) is 6.44. The van der Waals surface area contributed by atoms with Gasteiger partial charge in [-0.1, -0.05) is 18.2 Å². The third kappa shape index (κ3) is 2.56. The van der Waals surface area contributed by atoms with E-state index in [-0.39, 0.29) is 6.04 Å². The van der Waals surface area contributed by atoms with E-state index >= 15 is 0 Å². The monoisotopic (exact) mass is 257 g/mol. The second-order valence-electron chi connectivity index (χ2n) is 5.40. The smallest absolute Gasteiger partial charge is 0.0667 e. The predicted octanol–water partition coefficient (Wildman–Crippen LogP) is 3.18. The molecule has 0 saturated heterocycles. The molecule has 1 aromatic heterocycles. The molecule has 1 unspecified atom stereocenters. The highest BCUT2D eigenvalue weighted by atomic mass is 15.3. The molecule has 3 heteroatoms. The van der Waals surface area contributed by atoms with Crippen molar-refractivity contribution in [2.75, 3.05) is 0 Å². The molecule has 2 N–H and O–H groups in total. The van der Waals surface area contributed by atoms with Crippen LogP contribution in [0.25, 0.3) is 0 Å². The van der Waals surface area contributed by atoms with E-state index in [4.69, 9.17) is 5.73 Å². The summed E-state index contributed by atoms with van der Waals surface area (Å²) in [4.78, 5) is 0. The second kappa shape index (κ2) is 5.17. The molecular formula is C16H23N3. The molecule has 0 saturated carbocycles. The van der Waals surface area contributed by atoms with Crippen molar-refractivity contribution in [3.8, 4) is 0 Å². The molecule has 2 aromatic rings. The Labute approximate surface area is 115 Å². The van der Waals surface area contributed by atoms with Crippen LogP contribution in [0.3, 0.4) is 0 Å². The van der Waals surface area contributed by atoms with Gasteiger partial charge in [0.15, 0.2) is 0 Å². The van der Waals surface area contributed by atoms with Gasteiger partial charge in [-0.3, -0.25) is 4.68 Å². The number of aromatic nitrogens is 2. The molecule has 3 nitrogen and oxygen atoms in total. The first-order chi connectivity index (χ1) is 8.91. The summed E-state index contributed by atoms with van der Waals surface area (Å²) >= 11 is 0. The van der Waals surface area contributed by atoms with Gasteiger partial charge in [0.25, 0.3) is 0 Å². The molecule has 1 heterocycles. The Morgan fingerprint density at radius 2 is 1.74 bits per heavy atom. The molecule has 0 amide bonds. The van der Waals surface area contributed by atoms with Crippen molar-refractivity contribution >= 4 is 0 Å². The van der Waals surface area contributed by atoms with Crippen LogP contribution in [0.2, 0.25) is 0 Å². The van der Waals surface area contributed by atoms with Gasteiger partial charge >= 0.3 is 0 Å². The van der Waals surface area contributed by atoms with Gasteiger partial charge in [0.2, 0.25) is 0 Å². The fraction of sp³-hybridized carbons (Fsp3) is 0.438. The lowest BCUT2D eigenvalue weighted by Crippen LogP contribution is -2.10. The Balaban J connectivity index is 2.42. The molecule has 1 atom stereocenters. The number of hydrogen-bond donors (Lipinski definition) is 1. The Bertz CT molecular complexity index is 574. The minimum Gasteiger partial charge on any atom is -0.324 e. The largest absolute Gasteiger partial charge is 0.324 e. The highest BCUT2D eigenvalue weighted by molar-refractivity contribution is 5.35. The maximum absolute atomic E-state index is 6.03. The van der Waals surface area contributed by atoms with E-state index in [0.717, 1.165) is 12.2 Å². The van der Waals surface area contributed by atoms with Crippen molar-refractivity contribution in [2.45, 2.75) is 47.2 Å². The highest BCUT2D eigenvalue weighted by Gasteiger charge is 2.15. The highest BCUT2D eigenvalue weighted by Crippen LogP contribution is 2.22. The van der Waals surface area contributed by atoms with E-state index < -0.39 is 0 Å². The van der Waals surface area contributed by atoms with Gasteiger partial charge in [-0.25, -0.2) is 0 Å². The maximum atomic E-state index is 6.03. The first kappa shape index (κ1) is 13.8. The number of hydrogen-bond acceptors (Lipinski definition) is 2. The number of aryl methyl sites for hydroxylation is 3. The molecule has 0 aliphatic heterocycles. The fourth-order valence-corrected chi connectivity index (χ4v) is 2.77. The van der Waals surface area contributed by atoms with E-state index in [1.807, 2.05) is 13.8 Å². The summed E-state index contributed by atoms with van der Waals surface area (Å²) in [6.45, 7) is 11.3. The Hall–Kier alpha value is -1.61. The van der Waals surface area contributed by atoms with E-state index in [0.29, 0.717) is 0 Å². The molecular weight excluding hydrogens is 234 g/mol. The minimum absolute atomic E-state index is 0.0340. The molecule has 0 aliphatic carbocycles. The number of rotatable bonds is 3. The van der Waals surface area contributed by atoms with E-state index in [2.05, 4.69) is 48.8 Å². The second-order valence-corrected chi connectivity index (χ2v) is 5.40. The molecule has 19 heavy (non-hydrogen) atoms. The quantitative estimate of drug-likeness (QED) is 0.917. The maximum Gasteiger partial charge on any atom is 0.0667 e. The topological polar surface area (TPSA) is 43.8 Å². The van der Waals surface area contributed by atoms with Crippen LogP contribution in [0.5, 0.6) is 0 Å². The van der Waals surface area contributed by atoms with Crippen LogP contribution >= 0.6 is 0 Å². The standard InChI is InChI=1S/C16H23N3/c1-10-7-6-8-11(2)15(10)9-19-14(5)16(12(3)17)13(4)18-19/h6-8,12H,9,17H2,1-5H3. The van der Waals surface area contributed by atoms with Crippen LogP contribution in [-0.2, 0) is 6.54 Å². The molecule has 102 valence electrons. The molecule has 1 aromatic carbocycles. The number of nitrogens with two attached hydrogens (primary N) is 1. The van der Waals surface area contributed by atoms with Gasteiger partial charge in [-0.15, -0.1) is 0 Å². The molecule has 0 aliphatic rings. The molecule has 0 fully saturated rings. The van der Waals surface area contributed by atoms with E-state index in [1.54, 1.807) is 0 Å². The third-order valence-corrected chi connectivity index (χ3v) is 3.85. The normalized spacial score (nSPS) is 12.7. The third-order valence-electron chi connectivity index (χ3n) is 3.85. The molecule has 2 rings (SSSR count). The average molecular weight is 257 g/mol. The van der Waals surface area contributed by atoms with Crippen molar-refractivity contribution in [1.29, 1.82) is 0 Å². The molecule has 0 radical (unpaired) electrons. The van der Waals surface area contributed by atoms with Crippen molar-refractivity contribution in [1.82, 2.24) is 9.78 Å². The fourth-order valence-electron chi connectivity index (χ4n) is 2.77. The van der Waals surface area contributed by atoms with Gasteiger partial charge in [-0.2, -0.15) is 5.10 Å². The minimum atomic E-state index is 0.0340. The van der Waals surface area contributed by atoms with Crippen molar-refractivity contribution in [2.24, 2.45) is 5.73 Å². The van der Waals surface area contributed by atoms with E-state index in [1.165, 1.54) is 27.9 Å². The van der Waals surface area contributed by atoms with Gasteiger partial charge in [0.1, 0.15) is 0 Å². The van der Waals surface area contributed by atoms with Crippen LogP contribution < -0.4 is 5.73 Å². The number of benzene rings is 1. The Morgan fingerprint density at radius 1 is 1.16 bits per heavy atom. The Kier molecular flexibility index (Phi) is 3.76. The summed E-state index contributed by atoms with van der Waals surface area (Å²) in [7, 11) is 0. The summed E-state index contributed by atoms with van der Waals surface area (Å²) < 4.78 is 2.07. The van der Waals surface area contributed by atoms with Crippen molar-refractivity contribution in [3.05, 3.63) is 51.8 Å². The first-order valence-electron chi connectivity index (χ1n) is 6.76. The zero-order chi connectivity index (χ0) is 14.2. The summed E-state index contributed by atoms with van der Waals surface area (Å²) in [5, 5.41) is 4.65. The lowest BCUT2D eigenvalue weighted by atomic mass is 10.0. The predicted molar refractivity (Wildman–Crippen MR) is 79.3 cm³/mol. The average Bonchev–Trinajstić information content (AvgIpc) is 2.59. The Morgan fingerprint density at radius 3 is 2.21 bits per heavy atom. The van der Waals surface area contributed by atoms with Crippen LogP contribution in [0.1, 0.15) is 46.6 Å². The zero-order valence-corrected chi connectivity index (χ0v) is 12.5. The molecule has 0 spiro atoms. The lowest BCUT2D eigenvalue weighted by molar-refractivity contribution is 0.651. The van der Waals surface area contributed by atoms with Crippen LogP contribution in [0.4, 0.5) is 0 Å². The summed E-state index contributed by atoms with van der Waals surface area (Å²) in [6.07, 6.45) is 0. The van der Waals surface area contributed by atoms with Crippen LogP contribution in [0, 0.1) is 27.7 Å². The van der Waals surface area contributed by atoms with Gasteiger partial charge in [0.05, 0.1) is 12.2 Å². The first-order valence-corrected chi connectivity index (χ1v) is 6.76. The van der Waals surface area contributed by atoms with Crippen LogP contribution in [-0.4, -0.2) is 9.78 Å². The van der Waals surface area contributed by atoms with Crippen molar-refractivity contribution in [3.63, 3.8) is 0 Å². The van der Waals surface area contributed by atoms with Gasteiger partial charge < -0.3 is 5.73 Å². The SMILES string of the molecule is Cc1cccc(C)c1Cn1nc(C)c(C(C)N)c1C. The molecule has 0 bridgehead atoms.